The molecule has 1 heterocycles. The Kier molecular flexibility index (Phi) is 5.58. The number of hydrogen-bond donors (Lipinski definition) is 1. The summed E-state index contributed by atoms with van der Waals surface area (Å²) in [6, 6.07) is 13.3. The van der Waals surface area contributed by atoms with Gasteiger partial charge in [0, 0.05) is 13.2 Å². The molecule has 0 bridgehead atoms. The lowest BCUT2D eigenvalue weighted by Crippen LogP contribution is -2.32. The molecule has 0 aromatic heterocycles. The maximum atomic E-state index is 13.4. The van der Waals surface area contributed by atoms with Gasteiger partial charge in [-0.05, 0) is 17.7 Å². The van der Waals surface area contributed by atoms with Crippen LogP contribution in [0.5, 0.6) is 5.75 Å². The van der Waals surface area contributed by atoms with Gasteiger partial charge in [0.2, 0.25) is 0 Å². The van der Waals surface area contributed by atoms with Crippen LogP contribution in [0.15, 0.2) is 48.5 Å². The van der Waals surface area contributed by atoms with Crippen molar-refractivity contribution in [3.8, 4) is 5.75 Å². The Bertz CT molecular complexity index is 756. The number of carbonyl (C=O) groups is 1. The Morgan fingerprint density at radius 2 is 1.92 bits per heavy atom. The Hall–Kier alpha value is -2.80. The van der Waals surface area contributed by atoms with Crippen molar-refractivity contribution >= 4 is 11.8 Å². The van der Waals surface area contributed by atoms with Gasteiger partial charge in [-0.3, -0.25) is 0 Å². The normalized spacial score (nSPS) is 19.4. The van der Waals surface area contributed by atoms with Gasteiger partial charge in [0.15, 0.2) is 0 Å². The van der Waals surface area contributed by atoms with Gasteiger partial charge in [-0.25, -0.2) is 9.18 Å². The highest BCUT2D eigenvalue weighted by Crippen LogP contribution is 2.27. The Morgan fingerprint density at radius 1 is 1.19 bits per heavy atom. The number of methoxy groups -OCH3 is 1. The molecule has 26 heavy (non-hydrogen) atoms. The van der Waals surface area contributed by atoms with E-state index in [1.165, 1.54) is 30.2 Å². The topological polar surface area (TPSA) is 74.0 Å². The summed E-state index contributed by atoms with van der Waals surface area (Å²) in [7, 11) is 1.54. The number of nitrogens with two attached hydrogens (primary N) is 1. The fraction of sp³-hybridized carbons (Fsp3) is 0.316. The highest BCUT2D eigenvalue weighted by Gasteiger charge is 2.38. The van der Waals surface area contributed by atoms with Crippen LogP contribution in [0.25, 0.3) is 0 Å². The summed E-state index contributed by atoms with van der Waals surface area (Å²) in [6.07, 6.45) is -1.27. The molecule has 7 heteroatoms. The number of nitrogen functional groups attached to an aromatic ring is 1. The summed E-state index contributed by atoms with van der Waals surface area (Å²) in [6.45, 7) is 0.780. The summed E-state index contributed by atoms with van der Waals surface area (Å²) < 4.78 is 29.9. The molecule has 3 rings (SSSR count). The van der Waals surface area contributed by atoms with Crippen molar-refractivity contribution in [3.63, 3.8) is 0 Å². The molecule has 2 aromatic carbocycles. The van der Waals surface area contributed by atoms with Crippen LogP contribution in [0.4, 0.5) is 14.9 Å². The predicted octanol–water partition coefficient (Wildman–Crippen LogP) is 2.82. The molecule has 0 saturated carbocycles. The zero-order chi connectivity index (χ0) is 18.5. The molecule has 1 saturated heterocycles. The first-order chi connectivity index (χ1) is 12.6. The van der Waals surface area contributed by atoms with Crippen LogP contribution in [-0.4, -0.2) is 43.4 Å². The fourth-order valence-corrected chi connectivity index (χ4v) is 2.82. The maximum Gasteiger partial charge on any atom is 0.410 e. The first-order valence-electron chi connectivity index (χ1n) is 8.27. The summed E-state index contributed by atoms with van der Waals surface area (Å²) in [4.78, 5) is 13.8. The maximum absolute atomic E-state index is 13.4. The SMILES string of the molecule is COC1CN(C(=O)OCc2ccccc2)CC1Oc1cc(F)ccc1N. The Labute approximate surface area is 151 Å². The molecule has 1 fully saturated rings. The number of nitrogens with zero attached hydrogens (tertiary/aromatic N) is 1. The molecule has 2 unspecified atom stereocenters. The standard InChI is InChI=1S/C19H21FN2O4/c1-24-17-10-22(19(23)25-12-13-5-3-2-4-6-13)11-18(17)26-16-9-14(20)7-8-15(16)21/h2-9,17-18H,10-12,21H2,1H3. The molecular weight excluding hydrogens is 339 g/mol. The van der Waals surface area contributed by atoms with Crippen LogP contribution in [0.1, 0.15) is 5.56 Å². The van der Waals surface area contributed by atoms with Crippen molar-refractivity contribution in [3.05, 3.63) is 59.9 Å². The van der Waals surface area contributed by atoms with Gasteiger partial charge in [0.25, 0.3) is 0 Å². The fourth-order valence-electron chi connectivity index (χ4n) is 2.82. The van der Waals surface area contributed by atoms with Crippen molar-refractivity contribution in [2.45, 2.75) is 18.8 Å². The van der Waals surface area contributed by atoms with Crippen molar-refractivity contribution in [2.75, 3.05) is 25.9 Å². The molecule has 138 valence electrons. The van der Waals surface area contributed by atoms with E-state index in [4.69, 9.17) is 19.9 Å². The van der Waals surface area contributed by atoms with E-state index in [1.807, 2.05) is 30.3 Å². The average Bonchev–Trinajstić information content (AvgIpc) is 3.06. The monoisotopic (exact) mass is 360 g/mol. The molecule has 0 spiro atoms. The van der Waals surface area contributed by atoms with E-state index < -0.39 is 18.0 Å². The van der Waals surface area contributed by atoms with Crippen molar-refractivity contribution in [2.24, 2.45) is 0 Å². The number of likely N-dealkylation sites (tertiary alicyclic amines) is 1. The zero-order valence-corrected chi connectivity index (χ0v) is 14.4. The second kappa shape index (κ2) is 8.05. The molecule has 1 aliphatic heterocycles. The molecule has 2 N–H and O–H groups in total. The molecule has 1 aliphatic rings. The van der Waals surface area contributed by atoms with E-state index >= 15 is 0 Å². The van der Waals surface area contributed by atoms with Crippen molar-refractivity contribution < 1.29 is 23.4 Å². The number of ether oxygens (including phenoxy) is 3. The smallest absolute Gasteiger partial charge is 0.410 e. The van der Waals surface area contributed by atoms with Crippen molar-refractivity contribution in [1.29, 1.82) is 0 Å². The highest BCUT2D eigenvalue weighted by molar-refractivity contribution is 5.68. The van der Waals surface area contributed by atoms with Crippen LogP contribution in [0.2, 0.25) is 0 Å². The predicted molar refractivity (Wildman–Crippen MR) is 94.2 cm³/mol. The number of hydrogen-bond acceptors (Lipinski definition) is 5. The minimum absolute atomic E-state index is 0.191. The van der Waals surface area contributed by atoms with Crippen LogP contribution >= 0.6 is 0 Å². The van der Waals surface area contributed by atoms with Gasteiger partial charge >= 0.3 is 6.09 Å². The molecule has 0 aliphatic carbocycles. The summed E-state index contributed by atoms with van der Waals surface area (Å²) in [5, 5.41) is 0. The average molecular weight is 360 g/mol. The molecule has 2 aromatic rings. The van der Waals surface area contributed by atoms with Crippen LogP contribution in [-0.2, 0) is 16.1 Å². The zero-order valence-electron chi connectivity index (χ0n) is 14.4. The molecule has 0 radical (unpaired) electrons. The lowest BCUT2D eigenvalue weighted by atomic mass is 10.2. The Balaban J connectivity index is 1.61. The Morgan fingerprint density at radius 3 is 2.65 bits per heavy atom. The second-order valence-electron chi connectivity index (χ2n) is 6.06. The third kappa shape index (κ3) is 4.23. The summed E-state index contributed by atoms with van der Waals surface area (Å²) >= 11 is 0. The number of benzene rings is 2. The van der Waals surface area contributed by atoms with E-state index in [0.717, 1.165) is 5.56 Å². The third-order valence-corrected chi connectivity index (χ3v) is 4.24. The number of anilines is 1. The van der Waals surface area contributed by atoms with Crippen LogP contribution in [0.3, 0.4) is 0 Å². The summed E-state index contributed by atoms with van der Waals surface area (Å²) in [5.74, 6) is -0.211. The lowest BCUT2D eigenvalue weighted by Gasteiger charge is -2.19. The highest BCUT2D eigenvalue weighted by atomic mass is 19.1. The number of rotatable bonds is 5. The van der Waals surface area contributed by atoms with Crippen LogP contribution < -0.4 is 10.5 Å². The quantitative estimate of drug-likeness (QED) is 0.830. The lowest BCUT2D eigenvalue weighted by molar-refractivity contribution is 0.0341. The van der Waals surface area contributed by atoms with E-state index in [-0.39, 0.29) is 25.0 Å². The van der Waals surface area contributed by atoms with Gasteiger partial charge < -0.3 is 24.8 Å². The molecule has 1 amide bonds. The second-order valence-corrected chi connectivity index (χ2v) is 6.06. The van der Waals surface area contributed by atoms with Crippen LogP contribution in [0, 0.1) is 5.82 Å². The third-order valence-electron chi connectivity index (χ3n) is 4.24. The first kappa shape index (κ1) is 18.0. The molecule has 2 atom stereocenters. The number of carbonyl (C=O) groups excluding carboxylic acids is 1. The van der Waals surface area contributed by atoms with E-state index in [1.54, 1.807) is 0 Å². The number of halogens is 1. The first-order valence-corrected chi connectivity index (χ1v) is 8.27. The molecule has 6 nitrogen and oxygen atoms in total. The van der Waals surface area contributed by atoms with Crippen molar-refractivity contribution in [1.82, 2.24) is 4.90 Å². The minimum atomic E-state index is -0.464. The van der Waals surface area contributed by atoms with E-state index in [9.17, 15) is 9.18 Å². The van der Waals surface area contributed by atoms with E-state index in [0.29, 0.717) is 12.2 Å². The van der Waals surface area contributed by atoms with Gasteiger partial charge in [-0.15, -0.1) is 0 Å². The minimum Gasteiger partial charge on any atom is -0.484 e. The van der Waals surface area contributed by atoms with E-state index in [2.05, 4.69) is 0 Å². The van der Waals surface area contributed by atoms with Gasteiger partial charge in [-0.2, -0.15) is 0 Å². The summed E-state index contributed by atoms with van der Waals surface area (Å²) in [5.41, 5.74) is 7.05. The van der Waals surface area contributed by atoms with Gasteiger partial charge in [0.1, 0.15) is 30.4 Å². The largest absolute Gasteiger partial charge is 0.484 e. The van der Waals surface area contributed by atoms with Gasteiger partial charge in [-0.1, -0.05) is 30.3 Å². The molecular formula is C19H21FN2O4. The van der Waals surface area contributed by atoms with Gasteiger partial charge in [0.05, 0.1) is 18.8 Å². The number of amides is 1.